The molecule has 0 fully saturated rings. The largest absolute Gasteiger partial charge is 0.464 e. The van der Waals surface area contributed by atoms with Gasteiger partial charge in [0.15, 0.2) is 0 Å². The number of furan rings is 1. The molecule has 0 saturated heterocycles. The van der Waals surface area contributed by atoms with Gasteiger partial charge in [0.25, 0.3) is 0 Å². The van der Waals surface area contributed by atoms with Gasteiger partial charge in [-0.2, -0.15) is 0 Å². The Morgan fingerprint density at radius 3 is 2.93 bits per heavy atom. The van der Waals surface area contributed by atoms with Gasteiger partial charge in [-0.25, -0.2) is 0 Å². The van der Waals surface area contributed by atoms with Crippen molar-refractivity contribution in [3.8, 4) is 0 Å². The third-order valence-electron chi connectivity index (χ3n) is 2.31. The molecule has 14 heavy (non-hydrogen) atoms. The molecule has 1 aromatic carbocycles. The van der Waals surface area contributed by atoms with Crippen LogP contribution >= 0.6 is 15.9 Å². The molecular weight excluding hydrogens is 242 g/mol. The van der Waals surface area contributed by atoms with Crippen LogP contribution < -0.4 is 5.32 Å². The number of benzene rings is 1. The van der Waals surface area contributed by atoms with Crippen LogP contribution in [0.3, 0.4) is 0 Å². The molecule has 0 spiro atoms. The zero-order chi connectivity index (χ0) is 10.1. The van der Waals surface area contributed by atoms with Crippen LogP contribution in [0, 0.1) is 6.92 Å². The van der Waals surface area contributed by atoms with Crippen LogP contribution in [0.25, 0.3) is 11.0 Å². The summed E-state index contributed by atoms with van der Waals surface area (Å²) in [6, 6.07) is 4.12. The Morgan fingerprint density at radius 1 is 1.43 bits per heavy atom. The van der Waals surface area contributed by atoms with Gasteiger partial charge in [0.2, 0.25) is 0 Å². The van der Waals surface area contributed by atoms with Crippen LogP contribution in [0.4, 0.5) is 0 Å². The van der Waals surface area contributed by atoms with Gasteiger partial charge in [-0.3, -0.25) is 0 Å². The predicted octanol–water partition coefficient (Wildman–Crippen LogP) is 3.22. The quantitative estimate of drug-likeness (QED) is 0.890. The number of fused-ring (bicyclic) bond motifs is 1. The summed E-state index contributed by atoms with van der Waals surface area (Å²) in [5.74, 6) is 0. The fraction of sp³-hybridized carbons (Fsp3) is 0.273. The number of nitrogens with one attached hydrogen (secondary N) is 1. The highest BCUT2D eigenvalue weighted by Crippen LogP contribution is 2.31. The molecule has 2 aromatic rings. The Morgan fingerprint density at radius 2 is 2.21 bits per heavy atom. The van der Waals surface area contributed by atoms with Crippen molar-refractivity contribution in [3.05, 3.63) is 34.0 Å². The molecule has 0 aliphatic heterocycles. The lowest BCUT2D eigenvalue weighted by Gasteiger charge is -2.00. The lowest BCUT2D eigenvalue weighted by Crippen LogP contribution is -2.04. The molecule has 0 aliphatic rings. The second kappa shape index (κ2) is 3.75. The van der Waals surface area contributed by atoms with E-state index >= 15 is 0 Å². The molecule has 0 radical (unpaired) electrons. The number of hydrogen-bond donors (Lipinski definition) is 1. The summed E-state index contributed by atoms with van der Waals surface area (Å²) < 4.78 is 6.64. The normalized spacial score (nSPS) is 11.1. The molecule has 1 N–H and O–H groups in total. The molecule has 0 unspecified atom stereocenters. The van der Waals surface area contributed by atoms with E-state index in [-0.39, 0.29) is 0 Å². The molecule has 1 heterocycles. The Bertz CT molecular complexity index is 462. The average molecular weight is 254 g/mol. The third kappa shape index (κ3) is 1.47. The van der Waals surface area contributed by atoms with Crippen molar-refractivity contribution in [1.29, 1.82) is 0 Å². The van der Waals surface area contributed by atoms with E-state index in [0.717, 1.165) is 16.6 Å². The van der Waals surface area contributed by atoms with Gasteiger partial charge in [0.1, 0.15) is 5.58 Å². The standard InChI is InChI=1S/C11H12BrNO/c1-7-3-4-9(12)10-8(5-13-2)6-14-11(7)10/h3-4,6,13H,5H2,1-2H3. The molecule has 0 bridgehead atoms. The number of rotatable bonds is 2. The minimum atomic E-state index is 0.828. The summed E-state index contributed by atoms with van der Waals surface area (Å²) in [4.78, 5) is 0. The molecule has 0 amide bonds. The zero-order valence-electron chi connectivity index (χ0n) is 8.23. The molecule has 0 atom stereocenters. The van der Waals surface area contributed by atoms with E-state index in [1.807, 2.05) is 13.3 Å². The summed E-state index contributed by atoms with van der Waals surface area (Å²) in [5, 5.41) is 4.31. The van der Waals surface area contributed by atoms with Crippen LogP contribution in [-0.4, -0.2) is 7.05 Å². The fourth-order valence-corrected chi connectivity index (χ4v) is 2.19. The van der Waals surface area contributed by atoms with E-state index in [1.165, 1.54) is 16.5 Å². The Kier molecular flexibility index (Phi) is 2.61. The Hall–Kier alpha value is -0.800. The fourth-order valence-electron chi connectivity index (χ4n) is 1.62. The summed E-state index contributed by atoms with van der Waals surface area (Å²) in [6.45, 7) is 2.89. The predicted molar refractivity (Wildman–Crippen MR) is 61.4 cm³/mol. The minimum absolute atomic E-state index is 0.828. The first-order chi connectivity index (χ1) is 6.74. The smallest absolute Gasteiger partial charge is 0.138 e. The molecule has 0 aliphatic carbocycles. The van der Waals surface area contributed by atoms with Crippen molar-refractivity contribution >= 4 is 26.9 Å². The van der Waals surface area contributed by atoms with E-state index in [1.54, 1.807) is 0 Å². The van der Waals surface area contributed by atoms with E-state index < -0.39 is 0 Å². The molecule has 2 rings (SSSR count). The lowest BCUT2D eigenvalue weighted by atomic mass is 10.1. The molecule has 0 saturated carbocycles. The zero-order valence-corrected chi connectivity index (χ0v) is 9.81. The van der Waals surface area contributed by atoms with Crippen LogP contribution in [0.5, 0.6) is 0 Å². The van der Waals surface area contributed by atoms with Crippen LogP contribution in [0.1, 0.15) is 11.1 Å². The lowest BCUT2D eigenvalue weighted by molar-refractivity contribution is 0.605. The molecule has 74 valence electrons. The highest BCUT2D eigenvalue weighted by Gasteiger charge is 2.10. The number of hydrogen-bond acceptors (Lipinski definition) is 2. The Labute approximate surface area is 91.4 Å². The van der Waals surface area contributed by atoms with Crippen molar-refractivity contribution in [2.45, 2.75) is 13.5 Å². The van der Waals surface area contributed by atoms with Crippen molar-refractivity contribution in [2.75, 3.05) is 7.05 Å². The molecule has 2 nitrogen and oxygen atoms in total. The third-order valence-corrected chi connectivity index (χ3v) is 2.97. The van der Waals surface area contributed by atoms with Gasteiger partial charge >= 0.3 is 0 Å². The van der Waals surface area contributed by atoms with Crippen LogP contribution in [0.15, 0.2) is 27.3 Å². The van der Waals surface area contributed by atoms with E-state index in [9.17, 15) is 0 Å². The Balaban J connectivity index is 2.70. The average Bonchev–Trinajstić information content (AvgIpc) is 2.58. The van der Waals surface area contributed by atoms with Gasteiger partial charge < -0.3 is 9.73 Å². The summed E-state index contributed by atoms with van der Waals surface area (Å²) in [7, 11) is 1.93. The maximum atomic E-state index is 5.54. The van der Waals surface area contributed by atoms with Crippen LogP contribution in [0.2, 0.25) is 0 Å². The highest BCUT2D eigenvalue weighted by atomic mass is 79.9. The van der Waals surface area contributed by atoms with Gasteiger partial charge in [0.05, 0.1) is 6.26 Å². The van der Waals surface area contributed by atoms with Gasteiger partial charge in [0, 0.05) is 22.0 Å². The molecule has 3 heteroatoms. The van der Waals surface area contributed by atoms with E-state index in [4.69, 9.17) is 4.42 Å². The highest BCUT2D eigenvalue weighted by molar-refractivity contribution is 9.10. The van der Waals surface area contributed by atoms with Crippen molar-refractivity contribution in [1.82, 2.24) is 5.32 Å². The second-order valence-electron chi connectivity index (χ2n) is 3.36. The first-order valence-corrected chi connectivity index (χ1v) is 5.33. The summed E-state index contributed by atoms with van der Waals surface area (Å²) >= 11 is 3.54. The van der Waals surface area contributed by atoms with Gasteiger partial charge in [-0.1, -0.05) is 22.0 Å². The van der Waals surface area contributed by atoms with Gasteiger partial charge in [-0.05, 0) is 25.6 Å². The molecule has 1 aromatic heterocycles. The van der Waals surface area contributed by atoms with Crippen molar-refractivity contribution in [3.63, 3.8) is 0 Å². The number of halogens is 1. The SMILES string of the molecule is CNCc1coc2c(C)ccc(Br)c12. The minimum Gasteiger partial charge on any atom is -0.464 e. The first kappa shape index (κ1) is 9.74. The van der Waals surface area contributed by atoms with E-state index in [0.29, 0.717) is 0 Å². The maximum Gasteiger partial charge on any atom is 0.138 e. The monoisotopic (exact) mass is 253 g/mol. The summed E-state index contributed by atoms with van der Waals surface area (Å²) in [6.07, 6.45) is 1.82. The summed E-state index contributed by atoms with van der Waals surface area (Å²) in [5.41, 5.74) is 3.34. The maximum absolute atomic E-state index is 5.54. The van der Waals surface area contributed by atoms with Crippen LogP contribution in [-0.2, 0) is 6.54 Å². The van der Waals surface area contributed by atoms with Crippen molar-refractivity contribution in [2.24, 2.45) is 0 Å². The van der Waals surface area contributed by atoms with E-state index in [2.05, 4.69) is 40.3 Å². The van der Waals surface area contributed by atoms with Crippen molar-refractivity contribution < 1.29 is 4.42 Å². The first-order valence-electron chi connectivity index (χ1n) is 4.54. The van der Waals surface area contributed by atoms with Gasteiger partial charge in [-0.15, -0.1) is 0 Å². The topological polar surface area (TPSA) is 25.2 Å². The second-order valence-corrected chi connectivity index (χ2v) is 4.21. The molecular formula is C11H12BrNO. The number of aryl methyl sites for hydroxylation is 1.